The number of ether oxygens (including phenoxy) is 1. The molecule has 6 nitrogen and oxygen atoms in total. The van der Waals surface area contributed by atoms with Gasteiger partial charge in [-0.05, 0) is 13.3 Å². The molecule has 0 spiro atoms. The van der Waals surface area contributed by atoms with Gasteiger partial charge in [0.25, 0.3) is 0 Å². The predicted octanol–water partition coefficient (Wildman–Crippen LogP) is 0.270. The van der Waals surface area contributed by atoms with E-state index in [2.05, 4.69) is 15.5 Å². The summed E-state index contributed by atoms with van der Waals surface area (Å²) in [5.74, 6) is 0.531. The van der Waals surface area contributed by atoms with Gasteiger partial charge in [-0.1, -0.05) is 0 Å². The van der Waals surface area contributed by atoms with Crippen LogP contribution >= 0.6 is 0 Å². The summed E-state index contributed by atoms with van der Waals surface area (Å²) in [4.78, 5) is 11.4. The Morgan fingerprint density at radius 3 is 3.29 bits per heavy atom. The lowest BCUT2D eigenvalue weighted by atomic mass is 10.3. The largest absolute Gasteiger partial charge is 0.460 e. The number of anilines is 1. The number of hydrogen-bond donors (Lipinski definition) is 1. The Hall–Kier alpha value is -1.59. The fourth-order valence-corrected chi connectivity index (χ4v) is 1.43. The van der Waals surface area contributed by atoms with Crippen LogP contribution in [0.3, 0.4) is 0 Å². The summed E-state index contributed by atoms with van der Waals surface area (Å²) in [6.45, 7) is 3.77. The zero-order valence-electron chi connectivity index (χ0n) is 7.99. The van der Waals surface area contributed by atoms with Gasteiger partial charge in [-0.3, -0.25) is 4.57 Å². The van der Waals surface area contributed by atoms with Crippen molar-refractivity contribution >= 4 is 11.9 Å². The molecular weight excluding hydrogens is 184 g/mol. The van der Waals surface area contributed by atoms with Gasteiger partial charge >= 0.3 is 5.97 Å². The van der Waals surface area contributed by atoms with Gasteiger partial charge in [0.15, 0.2) is 0 Å². The molecule has 1 aromatic heterocycles. The molecular formula is C8H12N4O2. The van der Waals surface area contributed by atoms with Gasteiger partial charge in [0.05, 0.1) is 6.61 Å². The van der Waals surface area contributed by atoms with Crippen LogP contribution in [0.4, 0.5) is 5.95 Å². The average molecular weight is 196 g/mol. The maximum absolute atomic E-state index is 11.4. The molecule has 0 amide bonds. The lowest BCUT2D eigenvalue weighted by Gasteiger charge is -2.15. The van der Waals surface area contributed by atoms with Crippen LogP contribution in [0.25, 0.3) is 0 Å². The molecule has 6 heteroatoms. The summed E-state index contributed by atoms with van der Waals surface area (Å²) in [5.41, 5.74) is 0. The highest BCUT2D eigenvalue weighted by atomic mass is 16.5. The van der Waals surface area contributed by atoms with Crippen molar-refractivity contribution < 1.29 is 9.53 Å². The third-order valence-electron chi connectivity index (χ3n) is 2.05. The van der Waals surface area contributed by atoms with Crippen molar-refractivity contribution in [3.05, 3.63) is 5.82 Å². The molecule has 0 atom stereocenters. The van der Waals surface area contributed by atoms with Crippen LogP contribution in [0.15, 0.2) is 0 Å². The molecule has 1 aliphatic heterocycles. The highest BCUT2D eigenvalue weighted by molar-refractivity contribution is 5.85. The smallest absolute Gasteiger partial charge is 0.376 e. The number of nitrogens with one attached hydrogen (secondary N) is 1. The molecule has 1 aliphatic rings. The lowest BCUT2D eigenvalue weighted by Crippen LogP contribution is -2.21. The number of carbonyl (C=O) groups excluding carboxylic acids is 1. The van der Waals surface area contributed by atoms with Crippen molar-refractivity contribution in [3.8, 4) is 0 Å². The minimum atomic E-state index is -0.407. The second-order valence-electron chi connectivity index (χ2n) is 3.00. The van der Waals surface area contributed by atoms with Gasteiger partial charge < -0.3 is 10.1 Å². The first-order valence-corrected chi connectivity index (χ1v) is 4.67. The molecule has 0 saturated heterocycles. The lowest BCUT2D eigenvalue weighted by molar-refractivity contribution is 0.0505. The van der Waals surface area contributed by atoms with E-state index in [1.165, 1.54) is 0 Å². The van der Waals surface area contributed by atoms with E-state index in [0.29, 0.717) is 12.6 Å². The van der Waals surface area contributed by atoms with E-state index in [0.717, 1.165) is 19.5 Å². The monoisotopic (exact) mass is 196 g/mol. The van der Waals surface area contributed by atoms with Crippen molar-refractivity contribution in [2.24, 2.45) is 0 Å². The molecule has 1 N–H and O–H groups in total. The van der Waals surface area contributed by atoms with E-state index >= 15 is 0 Å². The fourth-order valence-electron chi connectivity index (χ4n) is 1.43. The molecule has 1 aromatic rings. The molecule has 0 bridgehead atoms. The first-order chi connectivity index (χ1) is 6.83. The van der Waals surface area contributed by atoms with Crippen LogP contribution < -0.4 is 5.32 Å². The summed E-state index contributed by atoms with van der Waals surface area (Å²) < 4.78 is 6.61. The zero-order chi connectivity index (χ0) is 9.97. The molecule has 76 valence electrons. The minimum Gasteiger partial charge on any atom is -0.460 e. The van der Waals surface area contributed by atoms with E-state index in [9.17, 15) is 4.79 Å². The van der Waals surface area contributed by atoms with Crippen LogP contribution in [-0.4, -0.2) is 33.9 Å². The van der Waals surface area contributed by atoms with E-state index in [1.807, 2.05) is 0 Å². The number of hydrogen-bond acceptors (Lipinski definition) is 5. The molecule has 0 fully saturated rings. The Bertz CT molecular complexity index is 347. The fraction of sp³-hybridized carbons (Fsp3) is 0.625. The summed E-state index contributed by atoms with van der Waals surface area (Å²) in [5, 5.41) is 10.7. The summed E-state index contributed by atoms with van der Waals surface area (Å²) >= 11 is 0. The van der Waals surface area contributed by atoms with Gasteiger partial charge in [-0.15, -0.1) is 10.2 Å². The highest BCUT2D eigenvalue weighted by Gasteiger charge is 2.21. The Balaban J connectivity index is 2.25. The van der Waals surface area contributed by atoms with Gasteiger partial charge in [0.1, 0.15) is 0 Å². The van der Waals surface area contributed by atoms with E-state index in [-0.39, 0.29) is 5.82 Å². The zero-order valence-corrected chi connectivity index (χ0v) is 7.99. The van der Waals surface area contributed by atoms with Crippen molar-refractivity contribution in [3.63, 3.8) is 0 Å². The summed E-state index contributed by atoms with van der Waals surface area (Å²) in [6.07, 6.45) is 0.970. The number of fused-ring (bicyclic) bond motifs is 1. The van der Waals surface area contributed by atoms with Gasteiger partial charge in [-0.2, -0.15) is 0 Å². The summed E-state index contributed by atoms with van der Waals surface area (Å²) in [7, 11) is 0. The second kappa shape index (κ2) is 3.65. The maximum atomic E-state index is 11.4. The topological polar surface area (TPSA) is 69.0 Å². The third-order valence-corrected chi connectivity index (χ3v) is 2.05. The number of aromatic nitrogens is 3. The van der Waals surface area contributed by atoms with E-state index < -0.39 is 5.97 Å². The van der Waals surface area contributed by atoms with Gasteiger partial charge in [0, 0.05) is 13.1 Å². The Kier molecular flexibility index (Phi) is 2.34. The SMILES string of the molecule is CCOC(=O)c1nnc2n1CCCN2. The van der Waals surface area contributed by atoms with Gasteiger partial charge in [-0.25, -0.2) is 4.79 Å². The number of carbonyl (C=O) groups is 1. The predicted molar refractivity (Wildman–Crippen MR) is 49.1 cm³/mol. The van der Waals surface area contributed by atoms with Crippen molar-refractivity contribution in [1.82, 2.24) is 14.8 Å². The van der Waals surface area contributed by atoms with Crippen LogP contribution in [0.1, 0.15) is 24.0 Å². The number of rotatable bonds is 2. The molecule has 0 saturated carbocycles. The molecule has 0 radical (unpaired) electrons. The van der Waals surface area contributed by atoms with Crippen LogP contribution in [0, 0.1) is 0 Å². The number of esters is 1. The van der Waals surface area contributed by atoms with Gasteiger partial charge in [0.2, 0.25) is 11.8 Å². The quantitative estimate of drug-likeness (QED) is 0.687. The Morgan fingerprint density at radius 2 is 2.50 bits per heavy atom. The van der Waals surface area contributed by atoms with E-state index in [1.54, 1.807) is 11.5 Å². The molecule has 2 heterocycles. The minimum absolute atomic E-state index is 0.286. The van der Waals surface area contributed by atoms with Crippen molar-refractivity contribution in [2.75, 3.05) is 18.5 Å². The maximum Gasteiger partial charge on any atom is 0.376 e. The van der Waals surface area contributed by atoms with Crippen molar-refractivity contribution in [1.29, 1.82) is 0 Å². The van der Waals surface area contributed by atoms with Crippen LogP contribution in [0.2, 0.25) is 0 Å². The molecule has 0 aromatic carbocycles. The number of nitrogens with zero attached hydrogens (tertiary/aromatic N) is 3. The second-order valence-corrected chi connectivity index (χ2v) is 3.00. The molecule has 2 rings (SSSR count). The first kappa shape index (κ1) is 8.98. The van der Waals surface area contributed by atoms with E-state index in [4.69, 9.17) is 4.74 Å². The normalized spacial score (nSPS) is 14.4. The summed E-state index contributed by atoms with van der Waals surface area (Å²) in [6, 6.07) is 0. The van der Waals surface area contributed by atoms with Crippen LogP contribution in [0.5, 0.6) is 0 Å². The Labute approximate surface area is 81.3 Å². The molecule has 0 unspecified atom stereocenters. The molecule has 0 aliphatic carbocycles. The Morgan fingerprint density at radius 1 is 1.64 bits per heavy atom. The highest BCUT2D eigenvalue weighted by Crippen LogP contribution is 2.13. The average Bonchev–Trinajstić information content (AvgIpc) is 2.61. The third kappa shape index (κ3) is 1.43. The molecule has 14 heavy (non-hydrogen) atoms. The van der Waals surface area contributed by atoms with Crippen LogP contribution in [-0.2, 0) is 11.3 Å². The first-order valence-electron chi connectivity index (χ1n) is 4.67. The standard InChI is InChI=1S/C8H12N4O2/c1-2-14-7(13)6-10-11-8-9-4-3-5-12(6)8/h2-5H2,1H3,(H,9,11). The van der Waals surface area contributed by atoms with Crippen molar-refractivity contribution in [2.45, 2.75) is 19.9 Å².